The molecule has 1 saturated heterocycles. The molecule has 1 aliphatic carbocycles. The Morgan fingerprint density at radius 3 is 2.53 bits per heavy atom. The van der Waals surface area contributed by atoms with Crippen LogP contribution < -0.4 is 0 Å². The van der Waals surface area contributed by atoms with Crippen LogP contribution in [0.3, 0.4) is 0 Å². The van der Waals surface area contributed by atoms with Gasteiger partial charge in [0.2, 0.25) is 0 Å². The summed E-state index contributed by atoms with van der Waals surface area (Å²) in [6, 6.07) is 9.59. The van der Waals surface area contributed by atoms with Gasteiger partial charge in [-0.15, -0.1) is 0 Å². The van der Waals surface area contributed by atoms with Crippen molar-refractivity contribution in [1.82, 2.24) is 15.0 Å². The molecule has 2 aromatic rings. The lowest BCUT2D eigenvalue weighted by Crippen LogP contribution is -2.37. The van der Waals surface area contributed by atoms with Crippen molar-refractivity contribution >= 4 is 11.8 Å². The molecule has 2 amide bonds. The molecule has 6 nitrogen and oxygen atoms in total. The molecule has 0 N–H and O–H groups in total. The van der Waals surface area contributed by atoms with Crippen LogP contribution in [0.15, 0.2) is 34.9 Å². The SMILES string of the molecule is Cc1cc(C(=O)N(C)Cc2ccc(C(=O)N3CC4(C)CC3CC(C)(C)C4)cc2)no1. The van der Waals surface area contributed by atoms with E-state index in [-0.39, 0.29) is 22.6 Å². The molecule has 2 bridgehead atoms. The average Bonchev–Trinajstić information content (AvgIpc) is 3.20. The number of aromatic nitrogens is 1. The molecule has 30 heavy (non-hydrogen) atoms. The van der Waals surface area contributed by atoms with Gasteiger partial charge in [-0.25, -0.2) is 0 Å². The Morgan fingerprint density at radius 2 is 1.90 bits per heavy atom. The van der Waals surface area contributed by atoms with E-state index in [1.807, 2.05) is 24.3 Å². The van der Waals surface area contributed by atoms with E-state index >= 15 is 0 Å². The maximum Gasteiger partial charge on any atom is 0.276 e. The maximum atomic E-state index is 13.2. The van der Waals surface area contributed by atoms with Gasteiger partial charge in [0.05, 0.1) is 0 Å². The Kier molecular flexibility index (Phi) is 4.99. The van der Waals surface area contributed by atoms with Crippen LogP contribution in [0, 0.1) is 17.8 Å². The first-order valence-electron chi connectivity index (χ1n) is 10.6. The van der Waals surface area contributed by atoms with E-state index < -0.39 is 0 Å². The quantitative estimate of drug-likeness (QED) is 0.755. The molecule has 2 heterocycles. The second kappa shape index (κ2) is 7.25. The first-order chi connectivity index (χ1) is 14.1. The highest BCUT2D eigenvalue weighted by atomic mass is 16.5. The molecule has 4 rings (SSSR count). The predicted octanol–water partition coefficient (Wildman–Crippen LogP) is 4.30. The molecule has 2 unspecified atom stereocenters. The zero-order valence-corrected chi connectivity index (χ0v) is 18.6. The molecule has 6 heteroatoms. The van der Waals surface area contributed by atoms with Crippen molar-refractivity contribution < 1.29 is 14.1 Å². The third kappa shape index (κ3) is 4.00. The fraction of sp³-hybridized carbons (Fsp3) is 0.542. The number of fused-ring (bicyclic) bond motifs is 2. The minimum atomic E-state index is -0.188. The fourth-order valence-corrected chi connectivity index (χ4v) is 5.62. The van der Waals surface area contributed by atoms with Crippen LogP contribution in [-0.2, 0) is 6.54 Å². The summed E-state index contributed by atoms with van der Waals surface area (Å²) in [7, 11) is 1.73. The highest BCUT2D eigenvalue weighted by Gasteiger charge is 2.50. The molecule has 0 radical (unpaired) electrons. The number of rotatable bonds is 4. The number of nitrogens with zero attached hydrogens (tertiary/aromatic N) is 3. The maximum absolute atomic E-state index is 13.2. The van der Waals surface area contributed by atoms with Crippen LogP contribution in [-0.4, -0.2) is 46.4 Å². The summed E-state index contributed by atoms with van der Waals surface area (Å²) < 4.78 is 4.99. The van der Waals surface area contributed by atoms with E-state index in [4.69, 9.17) is 4.52 Å². The molecule has 2 fully saturated rings. The Hall–Kier alpha value is -2.63. The van der Waals surface area contributed by atoms with Crippen molar-refractivity contribution in [1.29, 1.82) is 0 Å². The summed E-state index contributed by atoms with van der Waals surface area (Å²) in [4.78, 5) is 29.3. The van der Waals surface area contributed by atoms with Gasteiger partial charge in [-0.2, -0.15) is 0 Å². The van der Waals surface area contributed by atoms with Crippen molar-refractivity contribution in [3.05, 3.63) is 52.9 Å². The van der Waals surface area contributed by atoms with Gasteiger partial charge in [-0.3, -0.25) is 9.59 Å². The summed E-state index contributed by atoms with van der Waals surface area (Å²) in [5.74, 6) is 0.543. The van der Waals surface area contributed by atoms with Crippen LogP contribution >= 0.6 is 0 Å². The Morgan fingerprint density at radius 1 is 1.20 bits per heavy atom. The summed E-state index contributed by atoms with van der Waals surface area (Å²) in [6.07, 6.45) is 3.35. The second-order valence-corrected chi connectivity index (χ2v) is 10.3. The molecule has 0 spiro atoms. The number of likely N-dealkylation sites (tertiary alicyclic amines) is 1. The van der Waals surface area contributed by atoms with E-state index in [2.05, 4.69) is 30.8 Å². The lowest BCUT2D eigenvalue weighted by molar-refractivity contribution is 0.0706. The van der Waals surface area contributed by atoms with Gasteiger partial charge in [0.15, 0.2) is 5.69 Å². The molecular weight excluding hydrogens is 378 g/mol. The summed E-state index contributed by atoms with van der Waals surface area (Å²) >= 11 is 0. The average molecular weight is 410 g/mol. The van der Waals surface area contributed by atoms with E-state index in [1.54, 1.807) is 24.9 Å². The van der Waals surface area contributed by atoms with Gasteiger partial charge in [0.25, 0.3) is 11.8 Å². The van der Waals surface area contributed by atoms with Gasteiger partial charge in [0, 0.05) is 37.8 Å². The Labute approximate surface area is 178 Å². The predicted molar refractivity (Wildman–Crippen MR) is 114 cm³/mol. The fourth-order valence-electron chi connectivity index (χ4n) is 5.62. The van der Waals surface area contributed by atoms with E-state index in [9.17, 15) is 9.59 Å². The lowest BCUT2D eigenvalue weighted by atomic mass is 9.65. The summed E-state index contributed by atoms with van der Waals surface area (Å²) in [6.45, 7) is 10.0. The van der Waals surface area contributed by atoms with E-state index in [0.29, 0.717) is 29.6 Å². The highest BCUT2D eigenvalue weighted by molar-refractivity contribution is 5.95. The smallest absolute Gasteiger partial charge is 0.276 e. The van der Waals surface area contributed by atoms with E-state index in [0.717, 1.165) is 24.9 Å². The third-order valence-corrected chi connectivity index (χ3v) is 6.49. The van der Waals surface area contributed by atoms with Crippen molar-refractivity contribution in [2.24, 2.45) is 10.8 Å². The van der Waals surface area contributed by atoms with Gasteiger partial charge < -0.3 is 14.3 Å². The monoisotopic (exact) mass is 409 g/mol. The zero-order chi connectivity index (χ0) is 21.7. The van der Waals surface area contributed by atoms with Crippen LogP contribution in [0.25, 0.3) is 0 Å². The van der Waals surface area contributed by atoms with Gasteiger partial charge >= 0.3 is 0 Å². The number of hydrogen-bond acceptors (Lipinski definition) is 4. The highest BCUT2D eigenvalue weighted by Crippen LogP contribution is 2.52. The largest absolute Gasteiger partial charge is 0.361 e. The minimum Gasteiger partial charge on any atom is -0.361 e. The van der Waals surface area contributed by atoms with Gasteiger partial charge in [-0.1, -0.05) is 38.1 Å². The van der Waals surface area contributed by atoms with Crippen LogP contribution in [0.4, 0.5) is 0 Å². The van der Waals surface area contributed by atoms with Crippen LogP contribution in [0.5, 0.6) is 0 Å². The number of hydrogen-bond donors (Lipinski definition) is 0. The van der Waals surface area contributed by atoms with Crippen molar-refractivity contribution in [2.75, 3.05) is 13.6 Å². The number of carbonyl (C=O) groups is 2. The first-order valence-corrected chi connectivity index (χ1v) is 10.6. The number of aryl methyl sites for hydroxylation is 1. The molecule has 1 aliphatic heterocycles. The number of carbonyl (C=O) groups excluding carboxylic acids is 2. The minimum absolute atomic E-state index is 0.121. The summed E-state index contributed by atoms with van der Waals surface area (Å²) in [5, 5.41) is 3.79. The second-order valence-electron chi connectivity index (χ2n) is 10.3. The standard InChI is InChI=1S/C24H31N3O3/c1-16-10-20(25-30-16)22(29)26(5)13-17-6-8-18(9-7-17)21(28)27-15-24(4)12-19(27)11-23(2,3)14-24/h6-10,19H,11-15H2,1-5H3. The van der Waals surface area contributed by atoms with Crippen molar-refractivity contribution in [3.63, 3.8) is 0 Å². The Bertz CT molecular complexity index is 962. The normalized spacial score (nSPS) is 24.7. The molecule has 1 saturated carbocycles. The number of amides is 2. The first kappa shape index (κ1) is 20.6. The third-order valence-electron chi connectivity index (χ3n) is 6.49. The molecular formula is C24H31N3O3. The molecule has 2 aliphatic rings. The molecule has 1 aromatic carbocycles. The molecule has 2 atom stereocenters. The lowest BCUT2D eigenvalue weighted by Gasteiger charge is -2.39. The Balaban J connectivity index is 1.42. The topological polar surface area (TPSA) is 66.7 Å². The summed E-state index contributed by atoms with van der Waals surface area (Å²) in [5.41, 5.74) is 2.50. The van der Waals surface area contributed by atoms with Crippen LogP contribution in [0.1, 0.15) is 72.2 Å². The number of benzene rings is 1. The van der Waals surface area contributed by atoms with Gasteiger partial charge in [0.1, 0.15) is 5.76 Å². The van der Waals surface area contributed by atoms with Crippen molar-refractivity contribution in [2.45, 2.75) is 59.5 Å². The van der Waals surface area contributed by atoms with Gasteiger partial charge in [-0.05, 0) is 54.7 Å². The molecule has 160 valence electrons. The zero-order valence-electron chi connectivity index (χ0n) is 18.6. The van der Waals surface area contributed by atoms with E-state index in [1.165, 1.54) is 6.42 Å². The van der Waals surface area contributed by atoms with Crippen LogP contribution in [0.2, 0.25) is 0 Å². The van der Waals surface area contributed by atoms with Crippen molar-refractivity contribution in [3.8, 4) is 0 Å². The molecule has 1 aromatic heterocycles.